The van der Waals surface area contributed by atoms with E-state index in [9.17, 15) is 9.50 Å². The first-order valence-corrected chi connectivity index (χ1v) is 9.91. The predicted molar refractivity (Wildman–Crippen MR) is 112 cm³/mol. The van der Waals surface area contributed by atoms with Crippen molar-refractivity contribution >= 4 is 22.6 Å². The third-order valence-electron chi connectivity index (χ3n) is 4.70. The monoisotopic (exact) mass is 396 g/mol. The summed E-state index contributed by atoms with van der Waals surface area (Å²) in [7, 11) is 0. The number of nitrogens with zero attached hydrogens (tertiary/aromatic N) is 2. The first-order valence-electron chi connectivity index (χ1n) is 9.10. The molecule has 3 aromatic rings. The standard InChI is InChI=1S/C21H21FN4OS/c22-17-9-4-6-15(14-17)20-25-26(18-10-11-19(27)24-18)21(28-20,12-5-13-23)16-7-2-1-3-8-16/h1-4,6-11,14,24,27H,5,12-13,23H2. The van der Waals surface area contributed by atoms with Crippen molar-refractivity contribution in [2.45, 2.75) is 17.7 Å². The Balaban J connectivity index is 1.85. The fraction of sp³-hybridized carbons (Fsp3) is 0.190. The van der Waals surface area contributed by atoms with Crippen molar-refractivity contribution in [2.24, 2.45) is 10.8 Å². The summed E-state index contributed by atoms with van der Waals surface area (Å²) in [6.07, 6.45) is 1.53. The molecule has 5 nitrogen and oxygen atoms in total. The number of anilines is 1. The van der Waals surface area contributed by atoms with Crippen molar-refractivity contribution in [3.63, 3.8) is 0 Å². The van der Waals surface area contributed by atoms with E-state index in [-0.39, 0.29) is 11.7 Å². The number of aromatic nitrogens is 1. The van der Waals surface area contributed by atoms with Crippen LogP contribution < -0.4 is 10.7 Å². The molecule has 1 aliphatic rings. The average molecular weight is 396 g/mol. The number of rotatable bonds is 6. The Bertz CT molecular complexity index is 991. The molecule has 0 saturated heterocycles. The molecule has 0 amide bonds. The van der Waals surface area contributed by atoms with Gasteiger partial charge in [0.1, 0.15) is 21.5 Å². The molecule has 0 spiro atoms. The largest absolute Gasteiger partial charge is 0.495 e. The van der Waals surface area contributed by atoms with E-state index < -0.39 is 4.87 Å². The maximum atomic E-state index is 13.8. The number of aromatic amines is 1. The molecule has 144 valence electrons. The zero-order valence-corrected chi connectivity index (χ0v) is 16.0. The lowest BCUT2D eigenvalue weighted by Gasteiger charge is -2.36. The molecule has 2 heterocycles. The predicted octanol–water partition coefficient (Wildman–Crippen LogP) is 4.37. The molecule has 4 rings (SSSR count). The molecule has 1 atom stereocenters. The van der Waals surface area contributed by atoms with Gasteiger partial charge in [-0.25, -0.2) is 9.40 Å². The summed E-state index contributed by atoms with van der Waals surface area (Å²) in [5, 5.41) is 17.3. The van der Waals surface area contributed by atoms with Crippen LogP contribution in [-0.4, -0.2) is 21.7 Å². The van der Waals surface area contributed by atoms with Gasteiger partial charge in [-0.15, -0.1) is 0 Å². The van der Waals surface area contributed by atoms with Crippen molar-refractivity contribution in [3.05, 3.63) is 83.7 Å². The van der Waals surface area contributed by atoms with E-state index in [0.717, 1.165) is 29.0 Å². The SMILES string of the molecule is NCCCC1(c2ccccc2)SC(c2cccc(F)c2)=NN1c1ccc(O)[nH]1. The molecule has 0 aliphatic carbocycles. The van der Waals surface area contributed by atoms with Gasteiger partial charge in [-0.1, -0.05) is 54.2 Å². The molecule has 2 aromatic carbocycles. The normalized spacial score (nSPS) is 19.1. The van der Waals surface area contributed by atoms with Gasteiger partial charge in [0.15, 0.2) is 5.88 Å². The highest BCUT2D eigenvalue weighted by Gasteiger charge is 2.46. The van der Waals surface area contributed by atoms with E-state index >= 15 is 0 Å². The third-order valence-corrected chi connectivity index (χ3v) is 6.16. The number of aromatic hydroxyl groups is 1. The molecule has 28 heavy (non-hydrogen) atoms. The first-order chi connectivity index (χ1) is 13.6. The van der Waals surface area contributed by atoms with Gasteiger partial charge in [0.05, 0.1) is 0 Å². The van der Waals surface area contributed by atoms with Crippen molar-refractivity contribution in [1.29, 1.82) is 0 Å². The Hall–Kier alpha value is -2.77. The van der Waals surface area contributed by atoms with Gasteiger partial charge in [0, 0.05) is 11.6 Å². The topological polar surface area (TPSA) is 77.6 Å². The number of H-pyrrole nitrogens is 1. The molecule has 1 aliphatic heterocycles. The average Bonchev–Trinajstić information content (AvgIpc) is 3.31. The van der Waals surface area contributed by atoms with Gasteiger partial charge < -0.3 is 15.8 Å². The quantitative estimate of drug-likeness (QED) is 0.578. The minimum atomic E-state index is -0.556. The summed E-state index contributed by atoms with van der Waals surface area (Å²) in [4.78, 5) is 2.40. The summed E-state index contributed by atoms with van der Waals surface area (Å²) >= 11 is 1.58. The number of nitrogens with one attached hydrogen (secondary N) is 1. The minimum Gasteiger partial charge on any atom is -0.495 e. The minimum absolute atomic E-state index is 0.0650. The van der Waals surface area contributed by atoms with Crippen LogP contribution in [0.25, 0.3) is 0 Å². The second-order valence-corrected chi connectivity index (χ2v) is 7.87. The van der Waals surface area contributed by atoms with Crippen LogP contribution in [0.15, 0.2) is 71.8 Å². The third kappa shape index (κ3) is 3.39. The van der Waals surface area contributed by atoms with E-state index in [2.05, 4.69) is 17.1 Å². The Labute approximate surface area is 167 Å². The smallest absolute Gasteiger partial charge is 0.189 e. The lowest BCUT2D eigenvalue weighted by Crippen LogP contribution is -2.38. The van der Waals surface area contributed by atoms with Crippen LogP contribution in [0, 0.1) is 5.82 Å². The molecular weight excluding hydrogens is 375 g/mol. The number of hydrogen-bond donors (Lipinski definition) is 3. The number of nitrogens with two attached hydrogens (primary N) is 1. The van der Waals surface area contributed by atoms with Crippen LogP contribution in [0.2, 0.25) is 0 Å². The summed E-state index contributed by atoms with van der Waals surface area (Å²) in [6.45, 7) is 0.550. The summed E-state index contributed by atoms with van der Waals surface area (Å²) in [5.74, 6) is 0.427. The van der Waals surface area contributed by atoms with Crippen molar-refractivity contribution in [1.82, 2.24) is 4.98 Å². The molecule has 0 saturated carbocycles. The number of thioether (sulfide) groups is 1. The van der Waals surface area contributed by atoms with E-state index in [1.54, 1.807) is 30.0 Å². The second kappa shape index (κ2) is 7.69. The van der Waals surface area contributed by atoms with E-state index in [1.807, 2.05) is 29.3 Å². The summed E-state index contributed by atoms with van der Waals surface area (Å²) in [6, 6.07) is 19.9. The zero-order chi connectivity index (χ0) is 19.6. The van der Waals surface area contributed by atoms with Gasteiger partial charge in [-0.05, 0) is 43.1 Å². The Morgan fingerprint density at radius 1 is 1.11 bits per heavy atom. The molecule has 1 aromatic heterocycles. The van der Waals surface area contributed by atoms with Crippen LogP contribution in [-0.2, 0) is 4.87 Å². The maximum Gasteiger partial charge on any atom is 0.189 e. The lowest BCUT2D eigenvalue weighted by molar-refractivity contribution is 0.455. The summed E-state index contributed by atoms with van der Waals surface area (Å²) in [5.41, 5.74) is 7.62. The van der Waals surface area contributed by atoms with Crippen LogP contribution in [0.5, 0.6) is 5.88 Å². The lowest BCUT2D eigenvalue weighted by atomic mass is 10.0. The van der Waals surface area contributed by atoms with Gasteiger partial charge in [0.2, 0.25) is 0 Å². The van der Waals surface area contributed by atoms with Crippen molar-refractivity contribution in [3.8, 4) is 5.88 Å². The highest BCUT2D eigenvalue weighted by Crippen LogP contribution is 2.51. The molecular formula is C21H21FN4OS. The molecule has 0 fully saturated rings. The fourth-order valence-electron chi connectivity index (χ4n) is 3.40. The molecule has 1 unspecified atom stereocenters. The number of hydrazone groups is 1. The van der Waals surface area contributed by atoms with Gasteiger partial charge in [0.25, 0.3) is 0 Å². The van der Waals surface area contributed by atoms with Crippen LogP contribution in [0.1, 0.15) is 24.0 Å². The van der Waals surface area contributed by atoms with Gasteiger partial charge in [-0.2, -0.15) is 5.10 Å². The number of benzene rings is 2. The van der Waals surface area contributed by atoms with Crippen molar-refractivity contribution in [2.75, 3.05) is 11.6 Å². The second-order valence-electron chi connectivity index (χ2n) is 6.60. The Morgan fingerprint density at radius 2 is 1.93 bits per heavy atom. The fourth-order valence-corrected chi connectivity index (χ4v) is 4.81. The Kier molecular flexibility index (Phi) is 5.11. The highest BCUT2D eigenvalue weighted by atomic mass is 32.2. The highest BCUT2D eigenvalue weighted by molar-refractivity contribution is 8.15. The molecule has 4 N–H and O–H groups in total. The van der Waals surface area contributed by atoms with E-state index in [1.165, 1.54) is 12.1 Å². The van der Waals surface area contributed by atoms with Gasteiger partial charge in [-0.3, -0.25) is 0 Å². The van der Waals surface area contributed by atoms with Gasteiger partial charge >= 0.3 is 0 Å². The van der Waals surface area contributed by atoms with E-state index in [0.29, 0.717) is 12.4 Å². The molecule has 7 heteroatoms. The Morgan fingerprint density at radius 3 is 2.61 bits per heavy atom. The maximum absolute atomic E-state index is 13.8. The van der Waals surface area contributed by atoms with Crippen LogP contribution >= 0.6 is 11.8 Å². The van der Waals surface area contributed by atoms with Crippen molar-refractivity contribution < 1.29 is 9.50 Å². The summed E-state index contributed by atoms with van der Waals surface area (Å²) < 4.78 is 13.8. The first kappa shape index (κ1) is 18.6. The molecule has 0 radical (unpaired) electrons. The zero-order valence-electron chi connectivity index (χ0n) is 15.2. The van der Waals surface area contributed by atoms with E-state index in [4.69, 9.17) is 10.8 Å². The number of hydrogen-bond acceptors (Lipinski definition) is 5. The van der Waals surface area contributed by atoms with Crippen LogP contribution in [0.4, 0.5) is 10.2 Å². The molecule has 0 bridgehead atoms. The van der Waals surface area contributed by atoms with Crippen LogP contribution in [0.3, 0.4) is 0 Å². The number of halogens is 1.